The average Bonchev–Trinajstić information content (AvgIpc) is 2.87. The van der Waals surface area contributed by atoms with E-state index in [9.17, 15) is 9.18 Å². The minimum atomic E-state index is -0.593. The minimum Gasteiger partial charge on any atom is -0.496 e. The molecule has 0 N–H and O–H groups in total. The van der Waals surface area contributed by atoms with Crippen LogP contribution in [0.1, 0.15) is 56.6 Å². The van der Waals surface area contributed by atoms with Crippen molar-refractivity contribution in [2.75, 3.05) is 7.11 Å². The number of benzene rings is 1. The fraction of sp³-hybridized carbons (Fsp3) is 0.562. The lowest BCUT2D eigenvalue weighted by molar-refractivity contribution is 0.375. The molecule has 0 bridgehead atoms. The molecule has 1 fully saturated rings. The van der Waals surface area contributed by atoms with E-state index in [0.29, 0.717) is 11.3 Å². The maximum absolute atomic E-state index is 14.1. The Morgan fingerprint density at radius 2 is 2.00 bits per heavy atom. The second-order valence-corrected chi connectivity index (χ2v) is 5.67. The highest BCUT2D eigenvalue weighted by Gasteiger charge is 2.38. The van der Waals surface area contributed by atoms with Crippen LogP contribution in [0.4, 0.5) is 4.39 Å². The summed E-state index contributed by atoms with van der Waals surface area (Å²) in [5, 5.41) is 0. The molecule has 3 nitrogen and oxygen atoms in total. The summed E-state index contributed by atoms with van der Waals surface area (Å²) < 4.78 is 19.4. The molecule has 1 aliphatic rings. The molecule has 2 rings (SSSR count). The molecule has 0 saturated heterocycles. The molecule has 0 aliphatic heterocycles. The third-order valence-electron chi connectivity index (χ3n) is 4.13. The molecular formula is C16H20FNO2. The SMILES string of the molecule is COc1cc(F)c(C(C)C)cc1C1(N=C=O)CCCC1. The topological polar surface area (TPSA) is 38.7 Å². The zero-order valence-electron chi connectivity index (χ0n) is 12.2. The van der Waals surface area contributed by atoms with Crippen LogP contribution in [0.2, 0.25) is 0 Å². The van der Waals surface area contributed by atoms with Gasteiger partial charge in [-0.05, 0) is 30.4 Å². The molecular weight excluding hydrogens is 257 g/mol. The number of aliphatic imine (C=N–C) groups is 1. The zero-order chi connectivity index (χ0) is 14.8. The smallest absolute Gasteiger partial charge is 0.235 e. The van der Waals surface area contributed by atoms with Crippen molar-refractivity contribution in [2.24, 2.45) is 4.99 Å². The van der Waals surface area contributed by atoms with Gasteiger partial charge in [0.05, 0.1) is 7.11 Å². The predicted molar refractivity (Wildman–Crippen MR) is 75.3 cm³/mol. The number of halogens is 1. The summed E-state index contributed by atoms with van der Waals surface area (Å²) in [6.07, 6.45) is 5.25. The van der Waals surface area contributed by atoms with Gasteiger partial charge >= 0.3 is 0 Å². The van der Waals surface area contributed by atoms with Gasteiger partial charge in [-0.1, -0.05) is 26.7 Å². The van der Waals surface area contributed by atoms with Crippen LogP contribution in [-0.2, 0) is 10.3 Å². The van der Waals surface area contributed by atoms with Crippen LogP contribution in [0.5, 0.6) is 5.75 Å². The molecule has 0 radical (unpaired) electrons. The van der Waals surface area contributed by atoms with Crippen LogP contribution in [-0.4, -0.2) is 13.2 Å². The van der Waals surface area contributed by atoms with E-state index in [1.165, 1.54) is 13.2 Å². The number of hydrogen-bond acceptors (Lipinski definition) is 3. The quantitative estimate of drug-likeness (QED) is 0.615. The first kappa shape index (κ1) is 14.7. The standard InChI is InChI=1S/C16H20FNO2/c1-11(2)12-8-13(15(20-3)9-14(12)17)16(18-10-19)6-4-5-7-16/h8-9,11H,4-7H2,1-3H3. The molecule has 108 valence electrons. The highest BCUT2D eigenvalue weighted by Crippen LogP contribution is 2.46. The van der Waals surface area contributed by atoms with Crippen LogP contribution in [0, 0.1) is 5.82 Å². The molecule has 1 aromatic carbocycles. The van der Waals surface area contributed by atoms with Gasteiger partial charge in [-0.3, -0.25) is 0 Å². The fourth-order valence-corrected chi connectivity index (χ4v) is 3.04. The number of ether oxygens (including phenoxy) is 1. The van der Waals surface area contributed by atoms with E-state index in [1.54, 1.807) is 6.08 Å². The van der Waals surface area contributed by atoms with E-state index >= 15 is 0 Å². The number of hydrogen-bond donors (Lipinski definition) is 0. The van der Waals surface area contributed by atoms with Gasteiger partial charge in [0.1, 0.15) is 17.1 Å². The largest absolute Gasteiger partial charge is 0.496 e. The molecule has 0 atom stereocenters. The van der Waals surface area contributed by atoms with Crippen molar-refractivity contribution in [3.8, 4) is 5.75 Å². The van der Waals surface area contributed by atoms with Crippen LogP contribution in [0.3, 0.4) is 0 Å². The van der Waals surface area contributed by atoms with Crippen molar-refractivity contribution >= 4 is 6.08 Å². The second-order valence-electron chi connectivity index (χ2n) is 5.67. The van der Waals surface area contributed by atoms with Gasteiger partial charge in [-0.25, -0.2) is 9.18 Å². The molecule has 0 heterocycles. The van der Waals surface area contributed by atoms with Crippen LogP contribution in [0.25, 0.3) is 0 Å². The number of carbonyl (C=O) groups excluding carboxylic acids is 1. The van der Waals surface area contributed by atoms with Crippen LogP contribution >= 0.6 is 0 Å². The van der Waals surface area contributed by atoms with Gasteiger partial charge < -0.3 is 4.74 Å². The summed E-state index contributed by atoms with van der Waals surface area (Å²) in [7, 11) is 1.51. The molecule has 0 amide bonds. The molecule has 0 aromatic heterocycles. The lowest BCUT2D eigenvalue weighted by Gasteiger charge is -2.26. The van der Waals surface area contributed by atoms with E-state index in [1.807, 2.05) is 19.9 Å². The van der Waals surface area contributed by atoms with Crippen LogP contribution in [0.15, 0.2) is 17.1 Å². The van der Waals surface area contributed by atoms with Gasteiger partial charge in [0, 0.05) is 11.6 Å². The third kappa shape index (κ3) is 2.48. The van der Waals surface area contributed by atoms with Crippen molar-refractivity contribution in [2.45, 2.75) is 51.0 Å². The zero-order valence-corrected chi connectivity index (χ0v) is 12.2. The molecule has 0 spiro atoms. The van der Waals surface area contributed by atoms with Crippen molar-refractivity contribution in [1.29, 1.82) is 0 Å². The number of methoxy groups -OCH3 is 1. The molecule has 20 heavy (non-hydrogen) atoms. The average molecular weight is 277 g/mol. The van der Waals surface area contributed by atoms with Crippen molar-refractivity contribution in [1.82, 2.24) is 0 Å². The van der Waals surface area contributed by atoms with Crippen molar-refractivity contribution in [3.05, 3.63) is 29.1 Å². The number of nitrogens with zero attached hydrogens (tertiary/aromatic N) is 1. The van der Waals surface area contributed by atoms with Crippen molar-refractivity contribution < 1.29 is 13.9 Å². The summed E-state index contributed by atoms with van der Waals surface area (Å²) in [6.45, 7) is 3.89. The third-order valence-corrected chi connectivity index (χ3v) is 4.13. The summed E-state index contributed by atoms with van der Waals surface area (Å²) in [5.74, 6) is 0.259. The monoisotopic (exact) mass is 277 g/mol. The molecule has 1 aromatic rings. The second kappa shape index (κ2) is 5.76. The first-order chi connectivity index (χ1) is 9.54. The van der Waals surface area contributed by atoms with E-state index < -0.39 is 5.54 Å². The Morgan fingerprint density at radius 3 is 2.50 bits per heavy atom. The molecule has 1 saturated carbocycles. The Bertz CT molecular complexity index is 542. The Kier molecular flexibility index (Phi) is 4.24. The van der Waals surface area contributed by atoms with E-state index in [-0.39, 0.29) is 11.7 Å². The summed E-state index contributed by atoms with van der Waals surface area (Å²) >= 11 is 0. The maximum atomic E-state index is 14.1. The molecule has 0 unspecified atom stereocenters. The Hall–Kier alpha value is -1.67. The summed E-state index contributed by atoms with van der Waals surface area (Å²) in [5.41, 5.74) is 0.851. The first-order valence-corrected chi connectivity index (χ1v) is 7.01. The van der Waals surface area contributed by atoms with Gasteiger partial charge in [-0.2, -0.15) is 4.99 Å². The first-order valence-electron chi connectivity index (χ1n) is 7.01. The lowest BCUT2D eigenvalue weighted by Crippen LogP contribution is -2.21. The van der Waals surface area contributed by atoms with Crippen molar-refractivity contribution in [3.63, 3.8) is 0 Å². The predicted octanol–water partition coefficient (Wildman–Crippen LogP) is 4.06. The summed E-state index contributed by atoms with van der Waals surface area (Å²) in [4.78, 5) is 14.9. The van der Waals surface area contributed by atoms with E-state index in [4.69, 9.17) is 4.74 Å². The Labute approximate surface area is 118 Å². The van der Waals surface area contributed by atoms with Gasteiger partial charge in [0.2, 0.25) is 6.08 Å². The number of rotatable bonds is 4. The number of isocyanates is 1. The summed E-state index contributed by atoms with van der Waals surface area (Å²) in [6, 6.07) is 3.22. The van der Waals surface area contributed by atoms with E-state index in [2.05, 4.69) is 4.99 Å². The molecule has 1 aliphatic carbocycles. The Balaban J connectivity index is 2.64. The van der Waals surface area contributed by atoms with Crippen LogP contribution < -0.4 is 4.74 Å². The fourth-order valence-electron chi connectivity index (χ4n) is 3.04. The van der Waals surface area contributed by atoms with Gasteiger partial charge in [0.25, 0.3) is 0 Å². The maximum Gasteiger partial charge on any atom is 0.235 e. The Morgan fingerprint density at radius 1 is 1.35 bits per heavy atom. The highest BCUT2D eigenvalue weighted by molar-refractivity contribution is 5.47. The van der Waals surface area contributed by atoms with E-state index in [0.717, 1.165) is 31.2 Å². The normalized spacial score (nSPS) is 17.1. The van der Waals surface area contributed by atoms with Gasteiger partial charge in [-0.15, -0.1) is 0 Å². The lowest BCUT2D eigenvalue weighted by atomic mass is 9.85. The molecule has 4 heteroatoms. The minimum absolute atomic E-state index is 0.0679. The van der Waals surface area contributed by atoms with Gasteiger partial charge in [0.15, 0.2) is 0 Å². The highest BCUT2D eigenvalue weighted by atomic mass is 19.1.